The van der Waals surface area contributed by atoms with Gasteiger partial charge in [0, 0.05) is 5.69 Å². The van der Waals surface area contributed by atoms with Crippen LogP contribution in [-0.4, -0.2) is 6.03 Å². The summed E-state index contributed by atoms with van der Waals surface area (Å²) in [6, 6.07) is 9.19. The quantitative estimate of drug-likeness (QED) is 0.846. The van der Waals surface area contributed by atoms with Crippen LogP contribution in [0.3, 0.4) is 0 Å². The van der Waals surface area contributed by atoms with Gasteiger partial charge in [0.15, 0.2) is 0 Å². The van der Waals surface area contributed by atoms with E-state index in [1.54, 1.807) is 13.0 Å². The van der Waals surface area contributed by atoms with Crippen LogP contribution >= 0.6 is 0 Å². The van der Waals surface area contributed by atoms with Gasteiger partial charge in [-0.2, -0.15) is 0 Å². The van der Waals surface area contributed by atoms with Crippen molar-refractivity contribution in [1.82, 2.24) is 0 Å². The van der Waals surface area contributed by atoms with E-state index < -0.39 is 17.7 Å². The Morgan fingerprint density at radius 3 is 2.32 bits per heavy atom. The second-order valence-corrected chi connectivity index (χ2v) is 4.07. The molecule has 0 atom stereocenters. The lowest BCUT2D eigenvalue weighted by molar-refractivity contribution is 0.262. The Morgan fingerprint density at radius 2 is 1.68 bits per heavy atom. The summed E-state index contributed by atoms with van der Waals surface area (Å²) in [7, 11) is 0. The number of carbonyl (C=O) groups excluding carboxylic acids is 1. The number of amides is 2. The lowest BCUT2D eigenvalue weighted by Crippen LogP contribution is -2.20. The molecule has 0 saturated heterocycles. The van der Waals surface area contributed by atoms with Gasteiger partial charge in [-0.1, -0.05) is 6.07 Å². The first-order chi connectivity index (χ1) is 9.04. The number of benzene rings is 2. The molecule has 2 rings (SSSR count). The maximum absolute atomic E-state index is 13.5. The second-order valence-electron chi connectivity index (χ2n) is 4.07. The third-order valence-corrected chi connectivity index (χ3v) is 2.47. The minimum absolute atomic E-state index is 0.0882. The van der Waals surface area contributed by atoms with Gasteiger partial charge in [0.1, 0.15) is 11.6 Å². The molecule has 0 saturated carbocycles. The van der Waals surface area contributed by atoms with Crippen molar-refractivity contribution >= 4 is 17.4 Å². The summed E-state index contributed by atoms with van der Waals surface area (Å²) in [5.74, 6) is -0.898. The lowest BCUT2D eigenvalue weighted by Gasteiger charge is -2.08. The molecule has 2 N–H and O–H groups in total. The third-order valence-electron chi connectivity index (χ3n) is 2.47. The van der Waals surface area contributed by atoms with E-state index >= 15 is 0 Å². The summed E-state index contributed by atoms with van der Waals surface area (Å²) < 4.78 is 26.2. The van der Waals surface area contributed by atoms with Gasteiger partial charge >= 0.3 is 6.03 Å². The number of halogens is 2. The number of hydrogen-bond donors (Lipinski definition) is 2. The minimum Gasteiger partial charge on any atom is -0.308 e. The van der Waals surface area contributed by atoms with E-state index in [1.807, 2.05) is 0 Å². The standard InChI is InChI=1S/C14H12F2N2O/c1-9-2-7-13(12(16)8-9)18-14(19)17-11-5-3-10(15)4-6-11/h2-8H,1H3,(H2,17,18,19). The van der Waals surface area contributed by atoms with Crippen molar-refractivity contribution in [3.63, 3.8) is 0 Å². The van der Waals surface area contributed by atoms with E-state index in [9.17, 15) is 13.6 Å². The highest BCUT2D eigenvalue weighted by Crippen LogP contribution is 2.16. The van der Waals surface area contributed by atoms with Gasteiger partial charge in [0.05, 0.1) is 5.69 Å². The van der Waals surface area contributed by atoms with Crippen molar-refractivity contribution in [3.05, 3.63) is 59.7 Å². The van der Waals surface area contributed by atoms with E-state index in [1.165, 1.54) is 36.4 Å². The summed E-state index contributed by atoms with van der Waals surface area (Å²) in [6.45, 7) is 1.76. The molecule has 98 valence electrons. The molecule has 0 unspecified atom stereocenters. The zero-order chi connectivity index (χ0) is 13.8. The molecule has 0 fully saturated rings. The molecular formula is C14H12F2N2O. The molecule has 0 radical (unpaired) electrons. The first-order valence-electron chi connectivity index (χ1n) is 5.64. The van der Waals surface area contributed by atoms with Crippen molar-refractivity contribution in [2.75, 3.05) is 10.6 Å². The topological polar surface area (TPSA) is 41.1 Å². The first kappa shape index (κ1) is 13.0. The van der Waals surface area contributed by atoms with Crippen molar-refractivity contribution in [2.45, 2.75) is 6.92 Å². The Hall–Kier alpha value is -2.43. The van der Waals surface area contributed by atoms with E-state index in [4.69, 9.17) is 0 Å². The predicted octanol–water partition coefficient (Wildman–Crippen LogP) is 3.92. The SMILES string of the molecule is Cc1ccc(NC(=O)Nc2ccc(F)cc2)c(F)c1. The minimum atomic E-state index is -0.589. The first-order valence-corrected chi connectivity index (χ1v) is 5.64. The number of aryl methyl sites for hydroxylation is 1. The fraction of sp³-hybridized carbons (Fsp3) is 0.0714. The van der Waals surface area contributed by atoms with Gasteiger partial charge in [-0.15, -0.1) is 0 Å². The van der Waals surface area contributed by atoms with E-state index in [-0.39, 0.29) is 5.69 Å². The van der Waals surface area contributed by atoms with Crippen LogP contribution in [0.5, 0.6) is 0 Å². The molecule has 2 aromatic carbocycles. The average Bonchev–Trinajstić information content (AvgIpc) is 2.36. The molecule has 0 aliphatic heterocycles. The zero-order valence-corrected chi connectivity index (χ0v) is 10.2. The highest BCUT2D eigenvalue weighted by molar-refractivity contribution is 5.99. The highest BCUT2D eigenvalue weighted by Gasteiger charge is 2.07. The predicted molar refractivity (Wildman–Crippen MR) is 70.2 cm³/mol. The van der Waals surface area contributed by atoms with Crippen molar-refractivity contribution < 1.29 is 13.6 Å². The van der Waals surface area contributed by atoms with Gasteiger partial charge in [0.2, 0.25) is 0 Å². The molecule has 0 bridgehead atoms. The molecule has 5 heteroatoms. The Morgan fingerprint density at radius 1 is 1.00 bits per heavy atom. The molecule has 0 spiro atoms. The number of carbonyl (C=O) groups is 1. The summed E-state index contributed by atoms with van der Waals surface area (Å²) >= 11 is 0. The Labute approximate surface area is 109 Å². The van der Waals surface area contributed by atoms with Gasteiger partial charge in [-0.25, -0.2) is 13.6 Å². The fourth-order valence-electron chi connectivity index (χ4n) is 1.54. The number of nitrogens with one attached hydrogen (secondary N) is 2. The fourth-order valence-corrected chi connectivity index (χ4v) is 1.54. The van der Waals surface area contributed by atoms with Crippen molar-refractivity contribution in [3.8, 4) is 0 Å². The molecule has 19 heavy (non-hydrogen) atoms. The van der Waals surface area contributed by atoms with Gasteiger partial charge < -0.3 is 10.6 Å². The van der Waals surface area contributed by atoms with E-state index in [0.29, 0.717) is 5.69 Å². The van der Waals surface area contributed by atoms with E-state index in [0.717, 1.165) is 5.56 Å². The molecule has 2 aromatic rings. The Bertz CT molecular complexity index is 597. The number of urea groups is 1. The van der Waals surface area contributed by atoms with Crippen LogP contribution in [0.15, 0.2) is 42.5 Å². The normalized spacial score (nSPS) is 10.1. The monoisotopic (exact) mass is 262 g/mol. The Balaban J connectivity index is 2.03. The summed E-state index contributed by atoms with van der Waals surface area (Å²) in [5, 5.41) is 4.86. The van der Waals surface area contributed by atoms with Crippen LogP contribution in [0.25, 0.3) is 0 Å². The lowest BCUT2D eigenvalue weighted by atomic mass is 10.2. The van der Waals surface area contributed by atoms with Crippen LogP contribution in [0.1, 0.15) is 5.56 Å². The number of anilines is 2. The van der Waals surface area contributed by atoms with Gasteiger partial charge in [-0.3, -0.25) is 0 Å². The third kappa shape index (κ3) is 3.51. The molecular weight excluding hydrogens is 250 g/mol. The summed E-state index contributed by atoms with van der Waals surface area (Å²) in [5.41, 5.74) is 1.28. The smallest absolute Gasteiger partial charge is 0.308 e. The summed E-state index contributed by atoms with van der Waals surface area (Å²) in [4.78, 5) is 11.6. The summed E-state index contributed by atoms with van der Waals surface area (Å²) in [6.07, 6.45) is 0. The number of rotatable bonds is 2. The van der Waals surface area contributed by atoms with Crippen LogP contribution in [0.2, 0.25) is 0 Å². The molecule has 0 aliphatic carbocycles. The van der Waals surface area contributed by atoms with Crippen molar-refractivity contribution in [1.29, 1.82) is 0 Å². The highest BCUT2D eigenvalue weighted by atomic mass is 19.1. The molecule has 0 aliphatic rings. The van der Waals surface area contributed by atoms with Crippen molar-refractivity contribution in [2.24, 2.45) is 0 Å². The van der Waals surface area contributed by atoms with Crippen LogP contribution in [-0.2, 0) is 0 Å². The second kappa shape index (κ2) is 5.48. The maximum atomic E-state index is 13.5. The van der Waals surface area contributed by atoms with Gasteiger partial charge in [0.25, 0.3) is 0 Å². The maximum Gasteiger partial charge on any atom is 0.323 e. The molecule has 2 amide bonds. The Kier molecular flexibility index (Phi) is 3.75. The van der Waals surface area contributed by atoms with Gasteiger partial charge in [-0.05, 0) is 48.9 Å². The number of hydrogen-bond acceptors (Lipinski definition) is 1. The molecule has 0 heterocycles. The molecule has 0 aromatic heterocycles. The largest absolute Gasteiger partial charge is 0.323 e. The molecule has 3 nitrogen and oxygen atoms in total. The average molecular weight is 262 g/mol. The van der Waals surface area contributed by atoms with Crippen LogP contribution < -0.4 is 10.6 Å². The van der Waals surface area contributed by atoms with Crippen LogP contribution in [0, 0.1) is 18.6 Å². The van der Waals surface area contributed by atoms with Crippen LogP contribution in [0.4, 0.5) is 25.0 Å². The van der Waals surface area contributed by atoms with E-state index in [2.05, 4.69) is 10.6 Å². The zero-order valence-electron chi connectivity index (χ0n) is 10.2.